The van der Waals surface area contributed by atoms with Gasteiger partial charge in [0.2, 0.25) is 5.91 Å². The minimum Gasteiger partial charge on any atom is -0.448 e. The lowest BCUT2D eigenvalue weighted by molar-refractivity contribution is -0.140. The Labute approximate surface area is 179 Å². The third kappa shape index (κ3) is 5.49. The van der Waals surface area contributed by atoms with Gasteiger partial charge in [0.25, 0.3) is 0 Å². The molecule has 1 fully saturated rings. The van der Waals surface area contributed by atoms with E-state index in [1.54, 1.807) is 25.1 Å². The van der Waals surface area contributed by atoms with Gasteiger partial charge in [-0.3, -0.25) is 10.1 Å². The number of hydrogen-bond acceptors (Lipinski definition) is 4. The first-order valence-corrected chi connectivity index (χ1v) is 10.1. The van der Waals surface area contributed by atoms with Crippen molar-refractivity contribution in [3.8, 4) is 0 Å². The van der Waals surface area contributed by atoms with E-state index in [0.29, 0.717) is 36.6 Å². The minimum absolute atomic E-state index is 0.106. The Balaban J connectivity index is 1.61. The zero-order valence-electron chi connectivity index (χ0n) is 16.7. The largest absolute Gasteiger partial charge is 0.448 e. The summed E-state index contributed by atoms with van der Waals surface area (Å²) in [6, 6.07) is 11.6. The zero-order chi connectivity index (χ0) is 21.6. The van der Waals surface area contributed by atoms with Crippen molar-refractivity contribution in [2.45, 2.75) is 26.3 Å². The zero-order valence-corrected chi connectivity index (χ0v) is 17.4. The van der Waals surface area contributed by atoms with E-state index in [1.807, 2.05) is 18.2 Å². The fraction of sp³-hybridized carbons (Fsp3) is 0.364. The third-order valence-corrected chi connectivity index (χ3v) is 5.60. The molecule has 0 saturated carbocycles. The lowest BCUT2D eigenvalue weighted by Gasteiger charge is -2.35. The van der Waals surface area contributed by atoms with Gasteiger partial charge in [-0.15, -0.1) is 0 Å². The average molecular weight is 435 g/mol. The molecule has 0 spiro atoms. The number of anilines is 1. The Hall–Kier alpha value is -2.64. The normalized spacial score (nSPS) is 15.3. The van der Waals surface area contributed by atoms with Gasteiger partial charge in [0.1, 0.15) is 12.4 Å². The molecular formula is C22H24ClFN2O4. The van der Waals surface area contributed by atoms with Crippen molar-refractivity contribution in [3.63, 3.8) is 0 Å². The first-order valence-electron chi connectivity index (χ1n) is 9.69. The molecule has 0 unspecified atom stereocenters. The first kappa shape index (κ1) is 22.1. The van der Waals surface area contributed by atoms with E-state index in [2.05, 4.69) is 10.6 Å². The van der Waals surface area contributed by atoms with E-state index in [-0.39, 0.29) is 24.7 Å². The smallest absolute Gasteiger partial charge is 0.411 e. The molecule has 0 radical (unpaired) electrons. The number of benzene rings is 2. The molecule has 160 valence electrons. The Morgan fingerprint density at radius 2 is 1.93 bits per heavy atom. The van der Waals surface area contributed by atoms with Crippen molar-refractivity contribution in [2.75, 3.05) is 25.1 Å². The van der Waals surface area contributed by atoms with Crippen molar-refractivity contribution >= 4 is 29.3 Å². The van der Waals surface area contributed by atoms with Gasteiger partial charge in [0, 0.05) is 30.5 Å². The summed E-state index contributed by atoms with van der Waals surface area (Å²) in [6.07, 6.45) is 0.102. The number of nitrogens with one attached hydrogen (secondary N) is 2. The number of ether oxygens (including phenoxy) is 2. The number of rotatable bonds is 6. The Morgan fingerprint density at radius 3 is 2.63 bits per heavy atom. The Kier molecular flexibility index (Phi) is 7.29. The van der Waals surface area contributed by atoms with Crippen molar-refractivity contribution in [2.24, 2.45) is 5.41 Å². The van der Waals surface area contributed by atoms with Crippen molar-refractivity contribution < 1.29 is 23.5 Å². The van der Waals surface area contributed by atoms with Gasteiger partial charge in [0.15, 0.2) is 0 Å². The van der Waals surface area contributed by atoms with Crippen LogP contribution >= 0.6 is 11.6 Å². The molecule has 6 nitrogen and oxygen atoms in total. The second-order valence-electron chi connectivity index (χ2n) is 7.33. The predicted molar refractivity (Wildman–Crippen MR) is 112 cm³/mol. The molecule has 0 aromatic heterocycles. The molecule has 1 aliphatic rings. The molecule has 2 amide bonds. The molecular weight excluding hydrogens is 411 g/mol. The summed E-state index contributed by atoms with van der Waals surface area (Å²) in [6.45, 7) is 2.59. The quantitative estimate of drug-likeness (QED) is 0.704. The van der Waals surface area contributed by atoms with Crippen molar-refractivity contribution in [3.05, 3.63) is 64.4 Å². The van der Waals surface area contributed by atoms with Gasteiger partial charge >= 0.3 is 6.09 Å². The van der Waals surface area contributed by atoms with E-state index in [9.17, 15) is 14.0 Å². The van der Waals surface area contributed by atoms with Crippen LogP contribution in [-0.4, -0.2) is 31.8 Å². The van der Waals surface area contributed by atoms with Gasteiger partial charge in [0.05, 0.1) is 5.41 Å². The molecule has 1 aliphatic heterocycles. The van der Waals surface area contributed by atoms with Crippen LogP contribution in [-0.2, 0) is 20.8 Å². The summed E-state index contributed by atoms with van der Waals surface area (Å²) in [5.74, 6) is -0.646. The SMILES string of the molecule is Cc1ccc(NC(=O)OCC2(C(=O)NCc3ccccc3Cl)CCOCC2)cc1F. The van der Waals surface area contributed by atoms with Crippen LogP contribution in [0.25, 0.3) is 0 Å². The molecule has 3 rings (SSSR count). The molecule has 8 heteroatoms. The lowest BCUT2D eigenvalue weighted by Crippen LogP contribution is -2.48. The van der Waals surface area contributed by atoms with E-state index in [4.69, 9.17) is 21.1 Å². The molecule has 0 atom stereocenters. The van der Waals surface area contributed by atoms with Crippen LogP contribution in [0.1, 0.15) is 24.0 Å². The maximum atomic E-state index is 13.7. The molecule has 0 bridgehead atoms. The van der Waals surface area contributed by atoms with Gasteiger partial charge in [-0.2, -0.15) is 0 Å². The van der Waals surface area contributed by atoms with Gasteiger partial charge in [-0.1, -0.05) is 35.9 Å². The van der Waals surface area contributed by atoms with Gasteiger partial charge in [-0.25, -0.2) is 9.18 Å². The second-order valence-corrected chi connectivity index (χ2v) is 7.74. The number of hydrogen-bond donors (Lipinski definition) is 2. The van der Waals surface area contributed by atoms with E-state index in [1.165, 1.54) is 6.07 Å². The van der Waals surface area contributed by atoms with Gasteiger partial charge < -0.3 is 14.8 Å². The molecule has 2 aromatic rings. The van der Waals surface area contributed by atoms with Crippen LogP contribution in [0.2, 0.25) is 5.02 Å². The number of aryl methyl sites for hydroxylation is 1. The summed E-state index contributed by atoms with van der Waals surface area (Å²) >= 11 is 6.15. The standard InChI is InChI=1S/C22H24ClFN2O4/c1-15-6-7-17(12-19(15)24)26-21(28)30-14-22(8-10-29-11-9-22)20(27)25-13-16-4-2-3-5-18(16)23/h2-7,12H,8-11,13-14H2,1H3,(H,25,27)(H,26,28). The van der Waals surface area contributed by atoms with Crippen LogP contribution in [0.5, 0.6) is 0 Å². The molecule has 1 heterocycles. The highest BCUT2D eigenvalue weighted by molar-refractivity contribution is 6.31. The van der Waals surface area contributed by atoms with Crippen LogP contribution < -0.4 is 10.6 Å². The highest BCUT2D eigenvalue weighted by Crippen LogP contribution is 2.32. The van der Waals surface area contributed by atoms with E-state index < -0.39 is 17.3 Å². The number of carbonyl (C=O) groups excluding carboxylic acids is 2. The van der Waals surface area contributed by atoms with Gasteiger partial charge in [-0.05, 0) is 49.1 Å². The van der Waals surface area contributed by atoms with Crippen molar-refractivity contribution in [1.29, 1.82) is 0 Å². The number of halogens is 2. The van der Waals surface area contributed by atoms with Crippen LogP contribution in [0.15, 0.2) is 42.5 Å². The maximum absolute atomic E-state index is 13.7. The predicted octanol–water partition coefficient (Wildman–Crippen LogP) is 4.45. The fourth-order valence-corrected chi connectivity index (χ4v) is 3.43. The monoisotopic (exact) mass is 434 g/mol. The van der Waals surface area contributed by atoms with Crippen LogP contribution in [0.4, 0.5) is 14.9 Å². The topological polar surface area (TPSA) is 76.7 Å². The number of amides is 2. The fourth-order valence-electron chi connectivity index (χ4n) is 3.23. The third-order valence-electron chi connectivity index (χ3n) is 5.23. The lowest BCUT2D eigenvalue weighted by atomic mass is 9.80. The summed E-state index contributed by atoms with van der Waals surface area (Å²) in [7, 11) is 0. The summed E-state index contributed by atoms with van der Waals surface area (Å²) < 4.78 is 24.4. The van der Waals surface area contributed by atoms with E-state index >= 15 is 0 Å². The second kappa shape index (κ2) is 9.91. The molecule has 2 aromatic carbocycles. The highest BCUT2D eigenvalue weighted by atomic mass is 35.5. The van der Waals surface area contributed by atoms with E-state index in [0.717, 1.165) is 5.56 Å². The van der Waals surface area contributed by atoms with Crippen LogP contribution in [0.3, 0.4) is 0 Å². The molecule has 2 N–H and O–H groups in total. The summed E-state index contributed by atoms with van der Waals surface area (Å²) in [5, 5.41) is 5.96. The van der Waals surface area contributed by atoms with Crippen molar-refractivity contribution in [1.82, 2.24) is 5.32 Å². The molecule has 30 heavy (non-hydrogen) atoms. The van der Waals surface area contributed by atoms with Crippen LogP contribution in [0, 0.1) is 18.2 Å². The number of carbonyl (C=O) groups is 2. The Morgan fingerprint density at radius 1 is 1.20 bits per heavy atom. The summed E-state index contributed by atoms with van der Waals surface area (Å²) in [4.78, 5) is 25.2. The molecule has 0 aliphatic carbocycles. The Bertz CT molecular complexity index is 916. The first-order chi connectivity index (χ1) is 14.4. The summed E-state index contributed by atoms with van der Waals surface area (Å²) in [5.41, 5.74) is 0.669. The minimum atomic E-state index is -0.893. The molecule has 1 saturated heterocycles. The average Bonchev–Trinajstić information content (AvgIpc) is 2.75. The maximum Gasteiger partial charge on any atom is 0.411 e. The highest BCUT2D eigenvalue weighted by Gasteiger charge is 2.41.